The van der Waals surface area contributed by atoms with Crippen LogP contribution in [-0.4, -0.2) is 14.5 Å². The van der Waals surface area contributed by atoms with Crippen LogP contribution in [0.15, 0.2) is 217 Å². The highest BCUT2D eigenvalue weighted by molar-refractivity contribution is 6.25. The van der Waals surface area contributed by atoms with Crippen molar-refractivity contribution >= 4 is 76.1 Å². The third-order valence-electron chi connectivity index (χ3n) is 12.6. The summed E-state index contributed by atoms with van der Waals surface area (Å²) in [4.78, 5) is 10.8. The first-order valence-corrected chi connectivity index (χ1v) is 21.1. The van der Waals surface area contributed by atoms with E-state index in [9.17, 15) is 0 Å². The molecule has 0 aliphatic heterocycles. The maximum Gasteiger partial charge on any atom is 0.160 e. The normalized spacial score (nSPS) is 11.9. The summed E-state index contributed by atoms with van der Waals surface area (Å²) in [5.41, 5.74) is 11.9. The van der Waals surface area contributed by atoms with Crippen LogP contribution in [0.4, 0.5) is 0 Å². The third kappa shape index (κ3) is 5.40. The zero-order valence-corrected chi connectivity index (χ0v) is 33.5. The summed E-state index contributed by atoms with van der Waals surface area (Å²) >= 11 is 0. The van der Waals surface area contributed by atoms with Crippen LogP contribution in [-0.2, 0) is 0 Å². The number of rotatable bonds is 5. The quantitative estimate of drug-likeness (QED) is 0.163. The van der Waals surface area contributed by atoms with Gasteiger partial charge in [-0.25, -0.2) is 9.97 Å². The molecule has 0 N–H and O–H groups in total. The second kappa shape index (κ2) is 13.6. The maximum atomic E-state index is 6.23. The smallest absolute Gasteiger partial charge is 0.160 e. The summed E-state index contributed by atoms with van der Waals surface area (Å²) in [7, 11) is 0. The van der Waals surface area contributed by atoms with Gasteiger partial charge in [-0.15, -0.1) is 0 Å². The molecule has 0 aliphatic carbocycles. The van der Waals surface area contributed by atoms with Crippen molar-refractivity contribution in [3.63, 3.8) is 0 Å². The van der Waals surface area contributed by atoms with Crippen LogP contribution in [0.1, 0.15) is 0 Å². The van der Waals surface area contributed by atoms with Crippen molar-refractivity contribution in [2.45, 2.75) is 0 Å². The number of para-hydroxylation sites is 3. The first kappa shape index (κ1) is 34.5. The van der Waals surface area contributed by atoms with E-state index in [0.29, 0.717) is 5.82 Å². The zero-order valence-electron chi connectivity index (χ0n) is 33.5. The molecule has 0 spiro atoms. The zero-order chi connectivity index (χ0) is 40.7. The van der Waals surface area contributed by atoms with E-state index >= 15 is 0 Å². The molecule has 0 radical (unpaired) electrons. The van der Waals surface area contributed by atoms with Gasteiger partial charge in [0.2, 0.25) is 0 Å². The molecule has 0 fully saturated rings. The lowest BCUT2D eigenvalue weighted by molar-refractivity contribution is 0.669. The minimum Gasteiger partial charge on any atom is -0.456 e. The monoisotopic (exact) mass is 789 g/mol. The van der Waals surface area contributed by atoms with Crippen molar-refractivity contribution in [1.29, 1.82) is 0 Å². The molecule has 0 amide bonds. The van der Waals surface area contributed by atoms with Gasteiger partial charge in [-0.05, 0) is 110 Å². The molecule has 62 heavy (non-hydrogen) atoms. The second-order valence-corrected chi connectivity index (χ2v) is 16.1. The topological polar surface area (TPSA) is 43.9 Å². The van der Waals surface area contributed by atoms with Gasteiger partial charge in [-0.1, -0.05) is 146 Å². The molecule has 288 valence electrons. The molecule has 4 heteroatoms. The van der Waals surface area contributed by atoms with Gasteiger partial charge in [0, 0.05) is 43.9 Å². The highest BCUT2D eigenvalue weighted by Crippen LogP contribution is 2.41. The standard InChI is InChI=1S/C58H35N3O/c1-2-14-36(15-3-1)52-35-53(38-27-29-57-51(34-38)49-22-10-13-25-56(49)62-57)60-58(59-52)40-30-39(31-41(32-40)61-54-23-11-8-20-47(54)48-21-9-12-24-55(48)61)37-26-28-46-44-18-5-4-16-42(44)43-17-6-7-19-45(43)50(46)33-37/h1-35H. The lowest BCUT2D eigenvalue weighted by Crippen LogP contribution is -1.99. The predicted molar refractivity (Wildman–Crippen MR) is 258 cm³/mol. The van der Waals surface area contributed by atoms with E-state index in [2.05, 4.69) is 199 Å². The van der Waals surface area contributed by atoms with Crippen LogP contribution >= 0.6 is 0 Å². The van der Waals surface area contributed by atoms with Gasteiger partial charge in [-0.3, -0.25) is 0 Å². The Morgan fingerprint density at radius 2 is 0.790 bits per heavy atom. The van der Waals surface area contributed by atoms with E-state index in [1.54, 1.807) is 0 Å². The lowest BCUT2D eigenvalue weighted by atomic mass is 9.91. The van der Waals surface area contributed by atoms with E-state index in [4.69, 9.17) is 14.4 Å². The van der Waals surface area contributed by atoms with Gasteiger partial charge < -0.3 is 8.98 Å². The highest BCUT2D eigenvalue weighted by Gasteiger charge is 2.19. The number of furan rings is 1. The number of benzene rings is 10. The summed E-state index contributed by atoms with van der Waals surface area (Å²) in [6.07, 6.45) is 0. The molecule has 13 aromatic rings. The van der Waals surface area contributed by atoms with Gasteiger partial charge in [0.15, 0.2) is 5.82 Å². The Hall–Kier alpha value is -8.34. The van der Waals surface area contributed by atoms with Crippen LogP contribution in [0.5, 0.6) is 0 Å². The Kier molecular flexibility index (Phi) is 7.57. The Balaban J connectivity index is 1.09. The van der Waals surface area contributed by atoms with Gasteiger partial charge >= 0.3 is 0 Å². The fraction of sp³-hybridized carbons (Fsp3) is 0. The fourth-order valence-corrected chi connectivity index (χ4v) is 9.69. The fourth-order valence-electron chi connectivity index (χ4n) is 9.69. The predicted octanol–water partition coefficient (Wildman–Crippen LogP) is 15.6. The first-order chi connectivity index (χ1) is 30.7. The van der Waals surface area contributed by atoms with Crippen LogP contribution in [0, 0.1) is 0 Å². The van der Waals surface area contributed by atoms with E-state index in [-0.39, 0.29) is 0 Å². The van der Waals surface area contributed by atoms with Crippen molar-refractivity contribution in [3.05, 3.63) is 212 Å². The summed E-state index contributed by atoms with van der Waals surface area (Å²) < 4.78 is 8.62. The molecular weight excluding hydrogens is 755 g/mol. The number of nitrogens with zero attached hydrogens (tertiary/aromatic N) is 3. The number of aromatic nitrogens is 3. The van der Waals surface area contributed by atoms with Gasteiger partial charge in [0.05, 0.1) is 22.4 Å². The molecule has 0 unspecified atom stereocenters. The maximum absolute atomic E-state index is 6.23. The van der Waals surface area contributed by atoms with Crippen molar-refractivity contribution < 1.29 is 4.42 Å². The molecule has 4 nitrogen and oxygen atoms in total. The molecule has 0 saturated heterocycles. The van der Waals surface area contributed by atoms with Gasteiger partial charge in [0.1, 0.15) is 11.2 Å². The highest BCUT2D eigenvalue weighted by atomic mass is 16.3. The van der Waals surface area contributed by atoms with Gasteiger partial charge in [-0.2, -0.15) is 0 Å². The molecule has 13 rings (SSSR count). The minimum atomic E-state index is 0.652. The number of hydrogen-bond donors (Lipinski definition) is 0. The van der Waals surface area contributed by atoms with Crippen LogP contribution in [0.25, 0.3) is 127 Å². The molecule has 3 heterocycles. The number of hydrogen-bond acceptors (Lipinski definition) is 3. The van der Waals surface area contributed by atoms with Crippen molar-refractivity contribution in [2.75, 3.05) is 0 Å². The molecule has 0 bridgehead atoms. The van der Waals surface area contributed by atoms with Crippen LogP contribution < -0.4 is 0 Å². The second-order valence-electron chi connectivity index (χ2n) is 16.1. The summed E-state index contributed by atoms with van der Waals surface area (Å²) in [5.74, 6) is 0.652. The Bertz CT molecular complexity index is 3840. The van der Waals surface area contributed by atoms with E-state index in [1.165, 1.54) is 43.1 Å². The first-order valence-electron chi connectivity index (χ1n) is 21.1. The molecular formula is C58H35N3O. The largest absolute Gasteiger partial charge is 0.456 e. The Labute approximate surface area is 356 Å². The Morgan fingerprint density at radius 1 is 0.290 bits per heavy atom. The minimum absolute atomic E-state index is 0.652. The average molecular weight is 790 g/mol. The average Bonchev–Trinajstić information content (AvgIpc) is 3.89. The van der Waals surface area contributed by atoms with E-state index < -0.39 is 0 Å². The molecule has 0 aliphatic rings. The Morgan fingerprint density at radius 3 is 1.48 bits per heavy atom. The van der Waals surface area contributed by atoms with Gasteiger partial charge in [0.25, 0.3) is 0 Å². The lowest BCUT2D eigenvalue weighted by Gasteiger charge is -2.16. The van der Waals surface area contributed by atoms with Crippen LogP contribution in [0.3, 0.4) is 0 Å². The van der Waals surface area contributed by atoms with Crippen molar-refractivity contribution in [3.8, 4) is 50.7 Å². The molecule has 0 atom stereocenters. The summed E-state index contributed by atoms with van der Waals surface area (Å²) in [6, 6.07) is 75.8. The third-order valence-corrected chi connectivity index (χ3v) is 12.6. The van der Waals surface area contributed by atoms with Crippen molar-refractivity contribution in [2.24, 2.45) is 0 Å². The van der Waals surface area contributed by atoms with E-state index in [0.717, 1.165) is 77.9 Å². The SMILES string of the molecule is c1ccc(-c2cc(-c3ccc4oc5ccccc5c4c3)nc(-c3cc(-c4ccc5c6ccccc6c6ccccc6c5c4)cc(-n4c5ccccc5c5ccccc54)c3)n2)cc1. The van der Waals surface area contributed by atoms with Crippen LogP contribution in [0.2, 0.25) is 0 Å². The number of fused-ring (bicyclic) bond motifs is 12. The molecule has 3 aromatic heterocycles. The van der Waals surface area contributed by atoms with Crippen molar-refractivity contribution in [1.82, 2.24) is 14.5 Å². The van der Waals surface area contributed by atoms with E-state index in [1.807, 2.05) is 18.2 Å². The summed E-state index contributed by atoms with van der Waals surface area (Å²) in [5, 5.41) is 12.1. The molecule has 0 saturated carbocycles. The molecule has 10 aromatic carbocycles. The summed E-state index contributed by atoms with van der Waals surface area (Å²) in [6.45, 7) is 0.